The maximum absolute atomic E-state index is 11.6. The molecule has 2 amide bonds. The fourth-order valence-electron chi connectivity index (χ4n) is 1.83. The van der Waals surface area contributed by atoms with E-state index in [-0.39, 0.29) is 18.2 Å². The van der Waals surface area contributed by atoms with Gasteiger partial charge in [0, 0.05) is 26.0 Å². The molecule has 1 N–H and O–H groups in total. The highest BCUT2D eigenvalue weighted by Gasteiger charge is 2.35. The second-order valence-electron chi connectivity index (χ2n) is 4.23. The summed E-state index contributed by atoms with van der Waals surface area (Å²) < 4.78 is 0. The Kier molecular flexibility index (Phi) is 3.19. The first kappa shape index (κ1) is 11.7. The lowest BCUT2D eigenvalue weighted by atomic mass is 10.1. The number of carbonyl (C=O) groups excluding carboxylic acids is 2. The number of nitrogens with one attached hydrogen (secondary N) is 1. The van der Waals surface area contributed by atoms with Crippen molar-refractivity contribution in [3.63, 3.8) is 0 Å². The van der Waals surface area contributed by atoms with Crippen molar-refractivity contribution in [3.8, 4) is 0 Å². The fraction of sp³-hybridized carbons (Fsp3) is 0.417. The first-order chi connectivity index (χ1) is 8.09. The molecule has 0 saturated carbocycles. The van der Waals surface area contributed by atoms with Crippen LogP contribution in [0.15, 0.2) is 18.5 Å². The topological polar surface area (TPSA) is 62.3 Å². The predicted molar refractivity (Wildman–Crippen MR) is 62.0 cm³/mol. The molecule has 5 heteroatoms. The highest BCUT2D eigenvalue weighted by molar-refractivity contribution is 6.05. The smallest absolute Gasteiger partial charge is 0.246 e. The summed E-state index contributed by atoms with van der Waals surface area (Å²) in [5.74, 6) is -0.285. The Morgan fingerprint density at radius 3 is 2.88 bits per heavy atom. The van der Waals surface area contributed by atoms with Gasteiger partial charge in [0.2, 0.25) is 11.8 Å². The number of hydrogen-bond acceptors (Lipinski definition) is 4. The number of likely N-dealkylation sites (N-methyl/N-ethyl adjacent to an activating group) is 1. The molecule has 1 atom stereocenters. The van der Waals surface area contributed by atoms with E-state index in [4.69, 9.17) is 0 Å². The van der Waals surface area contributed by atoms with Gasteiger partial charge in [0.05, 0.1) is 12.5 Å². The van der Waals surface area contributed by atoms with Crippen molar-refractivity contribution < 1.29 is 9.59 Å². The Labute approximate surface area is 99.8 Å². The molecule has 17 heavy (non-hydrogen) atoms. The zero-order valence-electron chi connectivity index (χ0n) is 9.93. The molecule has 2 heterocycles. The molecule has 1 saturated heterocycles. The van der Waals surface area contributed by atoms with Gasteiger partial charge in [-0.2, -0.15) is 0 Å². The minimum atomic E-state index is -0.396. The molecule has 1 aliphatic rings. The molecule has 1 fully saturated rings. The number of carbonyl (C=O) groups is 2. The summed E-state index contributed by atoms with van der Waals surface area (Å²) in [5, 5.41) is 3.10. The minimum absolute atomic E-state index is 0.129. The van der Waals surface area contributed by atoms with Gasteiger partial charge in [-0.05, 0) is 24.1 Å². The van der Waals surface area contributed by atoms with Gasteiger partial charge in [0.1, 0.15) is 0 Å². The second-order valence-corrected chi connectivity index (χ2v) is 4.23. The molecule has 90 valence electrons. The molecule has 5 nitrogen and oxygen atoms in total. The molecule has 1 aliphatic heterocycles. The number of aryl methyl sites for hydroxylation is 1. The van der Waals surface area contributed by atoms with Gasteiger partial charge >= 0.3 is 0 Å². The van der Waals surface area contributed by atoms with Crippen molar-refractivity contribution in [2.24, 2.45) is 0 Å². The van der Waals surface area contributed by atoms with E-state index in [1.165, 1.54) is 11.9 Å². The molecule has 0 bridgehead atoms. The van der Waals surface area contributed by atoms with Crippen LogP contribution in [0.1, 0.15) is 17.5 Å². The summed E-state index contributed by atoms with van der Waals surface area (Å²) in [6, 6.07) is 1.53. The summed E-state index contributed by atoms with van der Waals surface area (Å²) in [6.45, 7) is 2.55. The number of aromatic nitrogens is 1. The molecule has 2 rings (SSSR count). The van der Waals surface area contributed by atoms with Gasteiger partial charge in [-0.25, -0.2) is 0 Å². The molecular weight excluding hydrogens is 218 g/mol. The Morgan fingerprint density at radius 2 is 2.29 bits per heavy atom. The van der Waals surface area contributed by atoms with Crippen molar-refractivity contribution in [2.45, 2.75) is 25.9 Å². The maximum atomic E-state index is 11.6. The third-order valence-electron chi connectivity index (χ3n) is 3.07. The van der Waals surface area contributed by atoms with Gasteiger partial charge in [-0.1, -0.05) is 0 Å². The van der Waals surface area contributed by atoms with Crippen molar-refractivity contribution in [1.29, 1.82) is 0 Å². The Morgan fingerprint density at radius 1 is 1.53 bits per heavy atom. The molecule has 1 aromatic rings. The lowest BCUT2D eigenvalue weighted by Crippen LogP contribution is -2.36. The van der Waals surface area contributed by atoms with E-state index in [2.05, 4.69) is 10.3 Å². The maximum Gasteiger partial charge on any atom is 0.246 e. The van der Waals surface area contributed by atoms with Crippen LogP contribution in [0.3, 0.4) is 0 Å². The average Bonchev–Trinajstić information content (AvgIpc) is 2.56. The number of amides is 2. The number of nitrogens with zero attached hydrogens (tertiary/aromatic N) is 2. The predicted octanol–water partition coefficient (Wildman–Crippen LogP) is 0.237. The SMILES string of the molecule is Cc1ccncc1CNC1CC(=O)N(C)C1=O. The third-order valence-corrected chi connectivity index (χ3v) is 3.07. The summed E-state index contributed by atoms with van der Waals surface area (Å²) in [4.78, 5) is 28.2. The van der Waals surface area contributed by atoms with Crippen LogP contribution in [0.2, 0.25) is 0 Å². The van der Waals surface area contributed by atoms with E-state index in [9.17, 15) is 9.59 Å². The van der Waals surface area contributed by atoms with Crippen molar-refractivity contribution in [2.75, 3.05) is 7.05 Å². The lowest BCUT2D eigenvalue weighted by Gasteiger charge is -2.11. The van der Waals surface area contributed by atoms with Crippen molar-refractivity contribution in [3.05, 3.63) is 29.6 Å². The number of imide groups is 1. The van der Waals surface area contributed by atoms with Crippen LogP contribution < -0.4 is 5.32 Å². The van der Waals surface area contributed by atoms with E-state index in [0.29, 0.717) is 6.54 Å². The molecular formula is C12H15N3O2. The van der Waals surface area contributed by atoms with Crippen LogP contribution in [0, 0.1) is 6.92 Å². The number of likely N-dealkylation sites (tertiary alicyclic amines) is 1. The van der Waals surface area contributed by atoms with E-state index in [1.807, 2.05) is 13.0 Å². The first-order valence-electron chi connectivity index (χ1n) is 5.53. The van der Waals surface area contributed by atoms with E-state index < -0.39 is 6.04 Å². The quantitative estimate of drug-likeness (QED) is 0.759. The summed E-state index contributed by atoms with van der Waals surface area (Å²) in [6.07, 6.45) is 3.75. The lowest BCUT2D eigenvalue weighted by molar-refractivity contribution is -0.137. The van der Waals surface area contributed by atoms with Crippen LogP contribution in [0.5, 0.6) is 0 Å². The molecule has 0 aromatic carbocycles. The monoisotopic (exact) mass is 233 g/mol. The third kappa shape index (κ3) is 2.34. The first-order valence-corrected chi connectivity index (χ1v) is 5.53. The van der Waals surface area contributed by atoms with Gasteiger partial charge in [0.25, 0.3) is 0 Å². The van der Waals surface area contributed by atoms with E-state index >= 15 is 0 Å². The minimum Gasteiger partial charge on any atom is -0.301 e. The summed E-state index contributed by atoms with van der Waals surface area (Å²) >= 11 is 0. The highest BCUT2D eigenvalue weighted by Crippen LogP contribution is 2.12. The van der Waals surface area contributed by atoms with Crippen LogP contribution in [0.25, 0.3) is 0 Å². The average molecular weight is 233 g/mol. The molecule has 1 unspecified atom stereocenters. The summed E-state index contributed by atoms with van der Waals surface area (Å²) in [5.41, 5.74) is 2.17. The normalized spacial score (nSPS) is 20.1. The van der Waals surface area contributed by atoms with Crippen molar-refractivity contribution in [1.82, 2.24) is 15.2 Å². The van der Waals surface area contributed by atoms with Gasteiger partial charge < -0.3 is 5.32 Å². The van der Waals surface area contributed by atoms with E-state index in [0.717, 1.165) is 11.1 Å². The molecule has 1 aromatic heterocycles. The number of hydrogen-bond donors (Lipinski definition) is 1. The molecule has 0 radical (unpaired) electrons. The van der Waals surface area contributed by atoms with Gasteiger partial charge in [-0.15, -0.1) is 0 Å². The Bertz CT molecular complexity index is 459. The zero-order chi connectivity index (χ0) is 12.4. The van der Waals surface area contributed by atoms with Crippen LogP contribution in [-0.2, 0) is 16.1 Å². The second kappa shape index (κ2) is 4.63. The van der Waals surface area contributed by atoms with Crippen LogP contribution in [-0.4, -0.2) is 34.8 Å². The summed E-state index contributed by atoms with van der Waals surface area (Å²) in [7, 11) is 1.52. The Balaban J connectivity index is 1.98. The number of rotatable bonds is 3. The Hall–Kier alpha value is -1.75. The zero-order valence-corrected chi connectivity index (χ0v) is 9.93. The molecule has 0 spiro atoms. The van der Waals surface area contributed by atoms with Gasteiger partial charge in [0.15, 0.2) is 0 Å². The standard InChI is InChI=1S/C12H15N3O2/c1-8-3-4-13-6-9(8)7-14-10-5-11(16)15(2)12(10)17/h3-4,6,10,14H,5,7H2,1-2H3. The van der Waals surface area contributed by atoms with Crippen LogP contribution >= 0.6 is 0 Å². The van der Waals surface area contributed by atoms with Crippen LogP contribution in [0.4, 0.5) is 0 Å². The van der Waals surface area contributed by atoms with E-state index in [1.54, 1.807) is 12.4 Å². The number of pyridine rings is 1. The highest BCUT2D eigenvalue weighted by atomic mass is 16.2. The van der Waals surface area contributed by atoms with Crippen molar-refractivity contribution >= 4 is 11.8 Å². The molecule has 0 aliphatic carbocycles. The largest absolute Gasteiger partial charge is 0.301 e. The van der Waals surface area contributed by atoms with Gasteiger partial charge in [-0.3, -0.25) is 19.5 Å². The fourth-order valence-corrected chi connectivity index (χ4v) is 1.83.